The van der Waals surface area contributed by atoms with Crippen LogP contribution in [0, 0.1) is 0 Å². The minimum absolute atomic E-state index is 0.0431. The zero-order valence-corrected chi connectivity index (χ0v) is 23.9. The van der Waals surface area contributed by atoms with Gasteiger partial charge in [0.25, 0.3) is 11.8 Å². The summed E-state index contributed by atoms with van der Waals surface area (Å²) in [5, 5.41) is 10.0. The predicted molar refractivity (Wildman–Crippen MR) is 153 cm³/mol. The Hall–Kier alpha value is -3.21. The molecule has 0 radical (unpaired) electrons. The number of nitrogens with zero attached hydrogens (tertiary/aromatic N) is 2. The molecule has 41 heavy (non-hydrogen) atoms. The number of hydrogen-bond acceptors (Lipinski definition) is 4. The number of benzene rings is 3. The molecule has 3 aromatic rings. The Balaban J connectivity index is 1.79. The van der Waals surface area contributed by atoms with Gasteiger partial charge in [0.2, 0.25) is 0 Å². The van der Waals surface area contributed by atoms with Gasteiger partial charge in [0, 0.05) is 34.5 Å². The maximum atomic E-state index is 14.2. The average Bonchev–Trinajstić information content (AvgIpc) is 2.99. The van der Waals surface area contributed by atoms with Gasteiger partial charge in [-0.15, -0.1) is 0 Å². The number of rotatable bonds is 10. The van der Waals surface area contributed by atoms with Crippen LogP contribution in [-0.2, 0) is 16.0 Å². The highest BCUT2D eigenvalue weighted by molar-refractivity contribution is 8.00. The second-order valence-corrected chi connectivity index (χ2v) is 11.4. The SMILES string of the molecule is O=C(O)CCCCN1C(=O)[C@H](c2ccc(Cl)cc2)N(CCc2ccc(Cl)cc2)C(=O)c2cc(SC(F)(F)F)ccc21. The third-order valence-corrected chi connectivity index (χ3v) is 7.78. The molecule has 0 unspecified atom stereocenters. The van der Waals surface area contributed by atoms with Gasteiger partial charge in [0.1, 0.15) is 6.04 Å². The van der Waals surface area contributed by atoms with E-state index in [4.69, 9.17) is 28.3 Å². The molecule has 2 amide bonds. The van der Waals surface area contributed by atoms with Gasteiger partial charge in [-0.05, 0) is 84.6 Å². The van der Waals surface area contributed by atoms with Crippen molar-refractivity contribution < 1.29 is 32.7 Å². The highest BCUT2D eigenvalue weighted by atomic mass is 35.5. The molecule has 0 bridgehead atoms. The maximum absolute atomic E-state index is 14.2. The van der Waals surface area contributed by atoms with Gasteiger partial charge in [-0.1, -0.05) is 47.5 Å². The molecule has 4 rings (SSSR count). The Morgan fingerprint density at radius 3 is 2.15 bits per heavy atom. The molecule has 216 valence electrons. The first-order chi connectivity index (χ1) is 19.4. The number of anilines is 1. The van der Waals surface area contributed by atoms with E-state index in [0.29, 0.717) is 28.5 Å². The molecule has 0 saturated carbocycles. The van der Waals surface area contributed by atoms with Gasteiger partial charge in [0.05, 0.1) is 11.3 Å². The van der Waals surface area contributed by atoms with Crippen molar-refractivity contribution in [2.24, 2.45) is 0 Å². The average molecular weight is 625 g/mol. The minimum Gasteiger partial charge on any atom is -0.481 e. The van der Waals surface area contributed by atoms with Gasteiger partial charge < -0.3 is 14.9 Å². The predicted octanol–water partition coefficient (Wildman–Crippen LogP) is 7.63. The van der Waals surface area contributed by atoms with Crippen LogP contribution in [0.25, 0.3) is 0 Å². The Labute approximate surface area is 249 Å². The van der Waals surface area contributed by atoms with Crippen LogP contribution in [0.4, 0.5) is 18.9 Å². The van der Waals surface area contributed by atoms with Gasteiger partial charge in [-0.3, -0.25) is 14.4 Å². The third kappa shape index (κ3) is 7.96. The second kappa shape index (κ2) is 13.2. The first-order valence-electron chi connectivity index (χ1n) is 12.7. The molecule has 0 spiro atoms. The van der Waals surface area contributed by atoms with E-state index in [1.807, 2.05) is 0 Å². The van der Waals surface area contributed by atoms with Crippen molar-refractivity contribution in [1.82, 2.24) is 4.90 Å². The summed E-state index contributed by atoms with van der Waals surface area (Å²) in [6, 6.07) is 16.1. The fraction of sp³-hybridized carbons (Fsp3) is 0.276. The lowest BCUT2D eigenvalue weighted by Gasteiger charge is -2.31. The van der Waals surface area contributed by atoms with E-state index in [1.54, 1.807) is 48.5 Å². The van der Waals surface area contributed by atoms with Crippen LogP contribution in [0.1, 0.15) is 46.8 Å². The topological polar surface area (TPSA) is 77.9 Å². The van der Waals surface area contributed by atoms with Crippen molar-refractivity contribution in [2.45, 2.75) is 42.1 Å². The molecule has 0 saturated heterocycles. The Morgan fingerprint density at radius 2 is 1.54 bits per heavy atom. The summed E-state index contributed by atoms with van der Waals surface area (Å²) in [6.07, 6.45) is 0.827. The van der Waals surface area contributed by atoms with Crippen molar-refractivity contribution in [3.8, 4) is 0 Å². The van der Waals surface area contributed by atoms with Crippen LogP contribution >= 0.6 is 35.0 Å². The van der Waals surface area contributed by atoms with E-state index in [-0.39, 0.29) is 53.8 Å². The lowest BCUT2D eigenvalue weighted by atomic mass is 10.0. The van der Waals surface area contributed by atoms with Crippen LogP contribution in [0.5, 0.6) is 0 Å². The molecule has 1 aliphatic rings. The number of fused-ring (bicyclic) bond motifs is 1. The van der Waals surface area contributed by atoms with Crippen molar-refractivity contribution >= 4 is 58.4 Å². The maximum Gasteiger partial charge on any atom is 0.446 e. The van der Waals surface area contributed by atoms with Crippen molar-refractivity contribution in [3.05, 3.63) is 93.5 Å². The van der Waals surface area contributed by atoms with Crippen molar-refractivity contribution in [2.75, 3.05) is 18.0 Å². The zero-order chi connectivity index (χ0) is 29.7. The van der Waals surface area contributed by atoms with E-state index in [9.17, 15) is 27.6 Å². The van der Waals surface area contributed by atoms with Crippen LogP contribution in [-0.4, -0.2) is 46.4 Å². The number of carboxylic acids is 1. The number of alkyl halides is 3. The fourth-order valence-corrected chi connectivity index (χ4v) is 5.50. The number of thioether (sulfide) groups is 1. The molecule has 1 N–H and O–H groups in total. The molecule has 1 aliphatic heterocycles. The van der Waals surface area contributed by atoms with E-state index < -0.39 is 29.3 Å². The molecule has 6 nitrogen and oxygen atoms in total. The Bertz CT molecular complexity index is 1420. The molecule has 1 atom stereocenters. The van der Waals surface area contributed by atoms with E-state index in [1.165, 1.54) is 21.9 Å². The van der Waals surface area contributed by atoms with E-state index in [2.05, 4.69) is 0 Å². The van der Waals surface area contributed by atoms with Gasteiger partial charge >= 0.3 is 11.5 Å². The zero-order valence-electron chi connectivity index (χ0n) is 21.5. The van der Waals surface area contributed by atoms with Gasteiger partial charge in [-0.25, -0.2) is 0 Å². The largest absolute Gasteiger partial charge is 0.481 e. The van der Waals surface area contributed by atoms with Crippen LogP contribution in [0.15, 0.2) is 71.6 Å². The van der Waals surface area contributed by atoms with Crippen molar-refractivity contribution in [1.29, 1.82) is 0 Å². The fourth-order valence-electron chi connectivity index (χ4n) is 4.67. The summed E-state index contributed by atoms with van der Waals surface area (Å²) in [6.45, 7) is 0.162. The lowest BCUT2D eigenvalue weighted by molar-refractivity contribution is -0.137. The molecular formula is C29H25Cl2F3N2O4S. The van der Waals surface area contributed by atoms with Gasteiger partial charge in [-0.2, -0.15) is 13.2 Å². The van der Waals surface area contributed by atoms with Crippen LogP contribution in [0.3, 0.4) is 0 Å². The summed E-state index contributed by atoms with van der Waals surface area (Å²) < 4.78 is 39.7. The minimum atomic E-state index is -4.57. The highest BCUT2D eigenvalue weighted by Crippen LogP contribution is 2.41. The number of carbonyl (C=O) groups excluding carboxylic acids is 2. The standard InChI is InChI=1S/C29H25Cl2F3N2O4S/c30-20-8-4-18(5-9-20)14-16-36-26(19-6-10-21(31)11-7-19)28(40)35(15-2-1-3-25(37)38)24-13-12-22(41-29(32,33)34)17-23(24)27(36)39/h4-13,17,26H,1-3,14-16H2,(H,37,38)/t26-/m0/s1. The number of carboxylic acid groups (broad SMARTS) is 1. The number of unbranched alkanes of at least 4 members (excludes halogenated alkanes) is 1. The first kappa shape index (κ1) is 30.7. The van der Waals surface area contributed by atoms with Gasteiger partial charge in [0.15, 0.2) is 0 Å². The quantitative estimate of drug-likeness (QED) is 0.185. The summed E-state index contributed by atoms with van der Waals surface area (Å²) in [5.41, 5.74) is -3.11. The number of hydrogen-bond donors (Lipinski definition) is 1. The third-order valence-electron chi connectivity index (χ3n) is 6.56. The van der Waals surface area contributed by atoms with E-state index >= 15 is 0 Å². The number of halogens is 5. The summed E-state index contributed by atoms with van der Waals surface area (Å²) in [7, 11) is 0. The second-order valence-electron chi connectivity index (χ2n) is 9.40. The molecule has 0 aliphatic carbocycles. The molecule has 1 heterocycles. The monoisotopic (exact) mass is 624 g/mol. The smallest absolute Gasteiger partial charge is 0.446 e. The number of carbonyl (C=O) groups is 3. The van der Waals surface area contributed by atoms with Crippen LogP contribution < -0.4 is 4.90 Å². The Morgan fingerprint density at radius 1 is 0.902 bits per heavy atom. The molecule has 0 fully saturated rings. The molecule has 12 heteroatoms. The van der Waals surface area contributed by atoms with E-state index in [0.717, 1.165) is 11.6 Å². The first-order valence-corrected chi connectivity index (χ1v) is 14.2. The normalized spacial score (nSPS) is 15.6. The summed E-state index contributed by atoms with van der Waals surface area (Å²) in [4.78, 5) is 41.9. The Kier molecular flexibility index (Phi) is 9.88. The van der Waals surface area contributed by atoms with Crippen LogP contribution in [0.2, 0.25) is 10.0 Å². The summed E-state index contributed by atoms with van der Waals surface area (Å²) in [5.74, 6) is -2.04. The lowest BCUT2D eigenvalue weighted by Crippen LogP contribution is -2.43. The molecular weight excluding hydrogens is 600 g/mol. The number of aliphatic carboxylic acids is 1. The summed E-state index contributed by atoms with van der Waals surface area (Å²) >= 11 is 11.7. The van der Waals surface area contributed by atoms with Crippen molar-refractivity contribution in [3.63, 3.8) is 0 Å². The molecule has 3 aromatic carbocycles. The highest BCUT2D eigenvalue weighted by Gasteiger charge is 2.41. The molecule has 0 aromatic heterocycles. The number of amides is 2.